The molecule has 162 valence electrons. The standard InChI is InChI=1S/C24H25FN2O3S/c1-16(28)22-13-19(15-31-22)23(29)26-11-9-21-18(14-26)8-5-10-27(21)24(30)20(25)12-17-6-3-2-4-7-17/h2-4,6-7,12-13,15,18,21H,5,8-11,14H2,1H3/b20-12-/t18-,21+/m1/s1. The number of likely N-dealkylation sites (tertiary alicyclic amines) is 2. The van der Waals surface area contributed by atoms with E-state index in [-0.39, 0.29) is 23.7 Å². The second-order valence-corrected chi connectivity index (χ2v) is 9.08. The zero-order valence-electron chi connectivity index (χ0n) is 17.4. The predicted molar refractivity (Wildman–Crippen MR) is 119 cm³/mol. The average molecular weight is 441 g/mol. The Morgan fingerprint density at radius 3 is 2.61 bits per heavy atom. The minimum absolute atomic E-state index is 0.0465. The van der Waals surface area contributed by atoms with Crippen molar-refractivity contribution in [2.75, 3.05) is 19.6 Å². The molecule has 0 unspecified atom stereocenters. The van der Waals surface area contributed by atoms with E-state index in [1.54, 1.807) is 45.5 Å². The Morgan fingerprint density at radius 1 is 1.13 bits per heavy atom. The molecule has 2 aliphatic heterocycles. The van der Waals surface area contributed by atoms with Crippen molar-refractivity contribution in [3.63, 3.8) is 0 Å². The number of carbonyl (C=O) groups excluding carboxylic acids is 3. The summed E-state index contributed by atoms with van der Waals surface area (Å²) in [5.41, 5.74) is 1.19. The van der Waals surface area contributed by atoms with Crippen LogP contribution in [0.15, 0.2) is 47.6 Å². The Bertz CT molecular complexity index is 1020. The normalized spacial score (nSPS) is 21.5. The molecule has 2 atom stereocenters. The monoisotopic (exact) mass is 440 g/mol. The predicted octanol–water partition coefficient (Wildman–Crippen LogP) is 4.41. The van der Waals surface area contributed by atoms with Crippen LogP contribution in [-0.2, 0) is 4.79 Å². The van der Waals surface area contributed by atoms with Gasteiger partial charge >= 0.3 is 0 Å². The van der Waals surface area contributed by atoms with Gasteiger partial charge in [-0.25, -0.2) is 4.39 Å². The molecule has 0 saturated carbocycles. The second-order valence-electron chi connectivity index (χ2n) is 8.17. The minimum atomic E-state index is -0.750. The quantitative estimate of drug-likeness (QED) is 0.523. The molecule has 0 N–H and O–H groups in total. The van der Waals surface area contributed by atoms with Crippen molar-refractivity contribution in [1.82, 2.24) is 9.80 Å². The lowest BCUT2D eigenvalue weighted by molar-refractivity contribution is -0.135. The molecular weight excluding hydrogens is 415 g/mol. The smallest absolute Gasteiger partial charge is 0.282 e. The van der Waals surface area contributed by atoms with Crippen LogP contribution in [0.25, 0.3) is 6.08 Å². The first-order chi connectivity index (χ1) is 14.9. The van der Waals surface area contributed by atoms with E-state index in [0.29, 0.717) is 42.1 Å². The molecular formula is C24H25FN2O3S. The fourth-order valence-electron chi connectivity index (χ4n) is 4.55. The molecule has 2 aromatic rings. The molecule has 5 nitrogen and oxygen atoms in total. The molecule has 1 aromatic heterocycles. The molecule has 2 fully saturated rings. The molecule has 3 heterocycles. The van der Waals surface area contributed by atoms with Gasteiger partial charge in [0.1, 0.15) is 0 Å². The fraction of sp³-hybridized carbons (Fsp3) is 0.375. The van der Waals surface area contributed by atoms with E-state index in [1.165, 1.54) is 24.3 Å². The lowest BCUT2D eigenvalue weighted by Crippen LogP contribution is -2.56. The van der Waals surface area contributed by atoms with Crippen molar-refractivity contribution < 1.29 is 18.8 Å². The van der Waals surface area contributed by atoms with Gasteiger partial charge in [0.05, 0.1) is 10.4 Å². The van der Waals surface area contributed by atoms with Crippen LogP contribution in [0.5, 0.6) is 0 Å². The van der Waals surface area contributed by atoms with E-state index < -0.39 is 11.7 Å². The summed E-state index contributed by atoms with van der Waals surface area (Å²) in [6.07, 6.45) is 3.61. The van der Waals surface area contributed by atoms with Gasteiger partial charge in [0.15, 0.2) is 11.6 Å². The second kappa shape index (κ2) is 9.14. The largest absolute Gasteiger partial charge is 0.338 e. The summed E-state index contributed by atoms with van der Waals surface area (Å²) in [6.45, 7) is 3.09. The van der Waals surface area contributed by atoms with E-state index in [9.17, 15) is 18.8 Å². The molecule has 0 aliphatic carbocycles. The molecule has 1 aromatic carbocycles. The molecule has 0 spiro atoms. The summed E-state index contributed by atoms with van der Waals surface area (Å²) in [4.78, 5) is 41.3. The summed E-state index contributed by atoms with van der Waals surface area (Å²) in [7, 11) is 0. The van der Waals surface area contributed by atoms with E-state index in [4.69, 9.17) is 0 Å². The number of Topliss-reactive ketones (excluding diaryl/α,β-unsaturated/α-hetero) is 1. The third-order valence-corrected chi connectivity index (χ3v) is 7.14. The summed E-state index contributed by atoms with van der Waals surface area (Å²) in [6, 6.07) is 10.6. The molecule has 31 heavy (non-hydrogen) atoms. The molecule has 2 aliphatic rings. The Hall–Kier alpha value is -2.80. The minimum Gasteiger partial charge on any atom is -0.338 e. The molecule has 2 saturated heterocycles. The third kappa shape index (κ3) is 4.61. The number of ketones is 1. The number of thiophene rings is 1. The van der Waals surface area contributed by atoms with Gasteiger partial charge in [0, 0.05) is 31.1 Å². The van der Waals surface area contributed by atoms with E-state index >= 15 is 0 Å². The lowest BCUT2D eigenvalue weighted by Gasteiger charge is -2.47. The number of piperidine rings is 2. The highest BCUT2D eigenvalue weighted by atomic mass is 32.1. The van der Waals surface area contributed by atoms with E-state index in [2.05, 4.69) is 0 Å². The van der Waals surface area contributed by atoms with Crippen molar-refractivity contribution >= 4 is 35.0 Å². The van der Waals surface area contributed by atoms with E-state index in [1.807, 2.05) is 6.07 Å². The third-order valence-electron chi connectivity index (χ3n) is 6.11. The van der Waals surface area contributed by atoms with Crippen LogP contribution in [0.1, 0.15) is 51.8 Å². The lowest BCUT2D eigenvalue weighted by atomic mass is 9.83. The highest BCUT2D eigenvalue weighted by molar-refractivity contribution is 7.12. The first-order valence-corrected chi connectivity index (χ1v) is 11.4. The van der Waals surface area contributed by atoms with Crippen LogP contribution < -0.4 is 0 Å². The Labute approximate surface area is 185 Å². The number of fused-ring (bicyclic) bond motifs is 1. The number of halogens is 1. The summed E-state index contributed by atoms with van der Waals surface area (Å²) < 4.78 is 14.7. The van der Waals surface area contributed by atoms with Gasteiger partial charge < -0.3 is 9.80 Å². The molecule has 2 amide bonds. The summed E-state index contributed by atoms with van der Waals surface area (Å²) in [5, 5.41) is 1.73. The molecule has 7 heteroatoms. The highest BCUT2D eigenvalue weighted by Gasteiger charge is 2.40. The first kappa shape index (κ1) is 21.4. The van der Waals surface area contributed by atoms with Gasteiger partial charge in [-0.05, 0) is 49.8 Å². The van der Waals surface area contributed by atoms with Crippen LogP contribution in [0.3, 0.4) is 0 Å². The SMILES string of the molecule is CC(=O)c1cc(C(=O)N2CC[C@H]3[C@H](CCCN3C(=O)/C(F)=C/c3ccccc3)C2)cs1. The van der Waals surface area contributed by atoms with Crippen LogP contribution in [0.4, 0.5) is 4.39 Å². The van der Waals surface area contributed by atoms with Crippen molar-refractivity contribution in [1.29, 1.82) is 0 Å². The maximum Gasteiger partial charge on any atom is 0.282 e. The van der Waals surface area contributed by atoms with Gasteiger partial charge in [-0.15, -0.1) is 11.3 Å². The molecule has 0 radical (unpaired) electrons. The topological polar surface area (TPSA) is 57.7 Å². The van der Waals surface area contributed by atoms with Crippen LogP contribution in [0.2, 0.25) is 0 Å². The zero-order chi connectivity index (χ0) is 22.0. The Kier molecular flexibility index (Phi) is 6.32. The van der Waals surface area contributed by atoms with Crippen molar-refractivity contribution in [2.24, 2.45) is 5.92 Å². The first-order valence-electron chi connectivity index (χ1n) is 10.6. The number of amides is 2. The zero-order valence-corrected chi connectivity index (χ0v) is 18.2. The molecule has 4 rings (SSSR count). The van der Waals surface area contributed by atoms with Crippen LogP contribution >= 0.6 is 11.3 Å². The van der Waals surface area contributed by atoms with Gasteiger partial charge in [-0.1, -0.05) is 30.3 Å². The van der Waals surface area contributed by atoms with Crippen molar-refractivity contribution in [3.8, 4) is 0 Å². The molecule has 0 bridgehead atoms. The van der Waals surface area contributed by atoms with Gasteiger partial charge in [-0.2, -0.15) is 0 Å². The van der Waals surface area contributed by atoms with Crippen LogP contribution in [0, 0.1) is 5.92 Å². The highest BCUT2D eigenvalue weighted by Crippen LogP contribution is 2.33. The van der Waals surface area contributed by atoms with Gasteiger partial charge in [0.2, 0.25) is 0 Å². The average Bonchev–Trinajstić information content (AvgIpc) is 3.28. The maximum atomic E-state index is 14.7. The van der Waals surface area contributed by atoms with Gasteiger partial charge in [0.25, 0.3) is 11.8 Å². The Balaban J connectivity index is 1.44. The number of hydrogen-bond acceptors (Lipinski definition) is 4. The van der Waals surface area contributed by atoms with Crippen molar-refractivity contribution in [2.45, 2.75) is 32.2 Å². The van der Waals surface area contributed by atoms with Crippen molar-refractivity contribution in [3.05, 3.63) is 63.6 Å². The fourth-order valence-corrected chi connectivity index (χ4v) is 5.33. The van der Waals surface area contributed by atoms with Gasteiger partial charge in [-0.3, -0.25) is 14.4 Å². The Morgan fingerprint density at radius 2 is 1.90 bits per heavy atom. The number of rotatable bonds is 4. The number of hydrogen-bond donors (Lipinski definition) is 0. The number of nitrogens with zero attached hydrogens (tertiary/aromatic N) is 2. The van der Waals surface area contributed by atoms with E-state index in [0.717, 1.165) is 12.8 Å². The summed E-state index contributed by atoms with van der Waals surface area (Å²) >= 11 is 1.28. The maximum absolute atomic E-state index is 14.7. The van der Waals surface area contributed by atoms with Crippen LogP contribution in [-0.4, -0.2) is 53.1 Å². The number of carbonyl (C=O) groups is 3. The summed E-state index contributed by atoms with van der Waals surface area (Å²) in [5.74, 6) is -1.32. The number of benzene rings is 1.